The van der Waals surface area contributed by atoms with Gasteiger partial charge >= 0.3 is 0 Å². The molecule has 0 spiro atoms. The molecule has 0 aliphatic heterocycles. The molecule has 0 aliphatic carbocycles. The van der Waals surface area contributed by atoms with E-state index in [0.29, 0.717) is 22.6 Å². The van der Waals surface area contributed by atoms with E-state index < -0.39 is 0 Å². The third-order valence-corrected chi connectivity index (χ3v) is 4.34. The molecule has 0 radical (unpaired) electrons. The van der Waals surface area contributed by atoms with Gasteiger partial charge in [-0.05, 0) is 47.4 Å². The Hall–Kier alpha value is -3.47. The van der Waals surface area contributed by atoms with E-state index >= 15 is 0 Å². The average molecular weight is 373 g/mol. The van der Waals surface area contributed by atoms with Gasteiger partial charge in [-0.3, -0.25) is 9.59 Å². The first-order chi connectivity index (χ1) is 13.3. The number of hydrogen-bond donors (Lipinski definition) is 2. The number of nitrogens with zero attached hydrogens (tertiary/aromatic N) is 1. The van der Waals surface area contributed by atoms with Crippen molar-refractivity contribution in [2.24, 2.45) is 0 Å². The second-order valence-electron chi connectivity index (χ2n) is 7.50. The molecule has 5 nitrogen and oxygen atoms in total. The highest BCUT2D eigenvalue weighted by Gasteiger charge is 2.16. The summed E-state index contributed by atoms with van der Waals surface area (Å²) in [5, 5.41) is 5.57. The number of carbonyl (C=O) groups is 2. The summed E-state index contributed by atoms with van der Waals surface area (Å²) in [5.74, 6) is -0.150. The maximum absolute atomic E-state index is 12.7. The predicted molar refractivity (Wildman–Crippen MR) is 112 cm³/mol. The van der Waals surface area contributed by atoms with E-state index in [9.17, 15) is 9.59 Å². The zero-order valence-corrected chi connectivity index (χ0v) is 16.2. The standard InChI is InChI=1S/C23H23N3O2/c1-23(2,3)17-13-11-16(12-14-17)21(27)25-19-9-5-4-8-18(19)22(28)26-20-10-6-7-15-24-20/h4-15H,1-3H3,(H,25,27)(H,24,26,28). The maximum atomic E-state index is 12.7. The lowest BCUT2D eigenvalue weighted by molar-refractivity contribution is 0.102. The Morgan fingerprint density at radius 3 is 2.11 bits per heavy atom. The molecule has 1 heterocycles. The molecule has 0 saturated heterocycles. The number of rotatable bonds is 4. The van der Waals surface area contributed by atoms with Gasteiger partial charge in [-0.2, -0.15) is 0 Å². The SMILES string of the molecule is CC(C)(C)c1ccc(C(=O)Nc2ccccc2C(=O)Nc2ccccn2)cc1. The van der Waals surface area contributed by atoms with Crippen LogP contribution in [-0.2, 0) is 5.41 Å². The third kappa shape index (κ3) is 4.62. The van der Waals surface area contributed by atoms with E-state index in [1.165, 1.54) is 0 Å². The van der Waals surface area contributed by atoms with Crippen LogP contribution in [0.5, 0.6) is 0 Å². The van der Waals surface area contributed by atoms with Crippen LogP contribution in [0.1, 0.15) is 47.1 Å². The first kappa shape index (κ1) is 19.3. The van der Waals surface area contributed by atoms with Crippen LogP contribution in [0.3, 0.4) is 0 Å². The van der Waals surface area contributed by atoms with Crippen LogP contribution in [0.25, 0.3) is 0 Å². The molecule has 0 aliphatic rings. The Kier molecular flexibility index (Phi) is 5.54. The Balaban J connectivity index is 1.77. The molecule has 0 fully saturated rings. The second-order valence-corrected chi connectivity index (χ2v) is 7.50. The highest BCUT2D eigenvalue weighted by molar-refractivity contribution is 6.12. The normalized spacial score (nSPS) is 11.0. The number of carbonyl (C=O) groups excluding carboxylic acids is 2. The fraction of sp³-hybridized carbons (Fsp3) is 0.174. The lowest BCUT2D eigenvalue weighted by Crippen LogP contribution is -2.19. The third-order valence-electron chi connectivity index (χ3n) is 4.34. The lowest BCUT2D eigenvalue weighted by atomic mass is 9.86. The van der Waals surface area contributed by atoms with Gasteiger partial charge < -0.3 is 10.6 Å². The van der Waals surface area contributed by atoms with Gasteiger partial charge in [0.2, 0.25) is 0 Å². The molecule has 2 N–H and O–H groups in total. The van der Waals surface area contributed by atoms with Crippen LogP contribution in [0.2, 0.25) is 0 Å². The molecular weight excluding hydrogens is 350 g/mol. The van der Waals surface area contributed by atoms with Crippen LogP contribution in [0, 0.1) is 0 Å². The van der Waals surface area contributed by atoms with Gasteiger partial charge in [0.15, 0.2) is 0 Å². The zero-order chi connectivity index (χ0) is 20.1. The number of nitrogens with one attached hydrogen (secondary N) is 2. The summed E-state index contributed by atoms with van der Waals surface area (Å²) < 4.78 is 0. The summed E-state index contributed by atoms with van der Waals surface area (Å²) in [6.45, 7) is 6.37. The minimum absolute atomic E-state index is 0.0190. The fourth-order valence-electron chi connectivity index (χ4n) is 2.73. The van der Waals surface area contributed by atoms with Gasteiger partial charge in [0.1, 0.15) is 5.82 Å². The van der Waals surface area contributed by atoms with Crippen molar-refractivity contribution in [3.05, 3.63) is 89.6 Å². The number of aromatic nitrogens is 1. The minimum Gasteiger partial charge on any atom is -0.321 e. The first-order valence-electron chi connectivity index (χ1n) is 9.08. The molecule has 2 aromatic carbocycles. The van der Waals surface area contributed by atoms with Gasteiger partial charge in [-0.15, -0.1) is 0 Å². The van der Waals surface area contributed by atoms with Crippen molar-refractivity contribution in [3.8, 4) is 0 Å². The number of benzene rings is 2. The molecule has 0 bridgehead atoms. The van der Waals surface area contributed by atoms with E-state index in [1.54, 1.807) is 60.8 Å². The van der Waals surface area contributed by atoms with Crippen LogP contribution in [0.15, 0.2) is 72.9 Å². The van der Waals surface area contributed by atoms with E-state index in [0.717, 1.165) is 5.56 Å². The molecular formula is C23H23N3O2. The monoisotopic (exact) mass is 373 g/mol. The summed E-state index contributed by atoms with van der Waals surface area (Å²) >= 11 is 0. The first-order valence-corrected chi connectivity index (χ1v) is 9.08. The summed E-state index contributed by atoms with van der Waals surface area (Å²) in [6.07, 6.45) is 1.60. The Morgan fingerprint density at radius 2 is 1.46 bits per heavy atom. The average Bonchev–Trinajstić information content (AvgIpc) is 2.68. The molecule has 2 amide bonds. The van der Waals surface area contributed by atoms with Crippen molar-refractivity contribution in [2.45, 2.75) is 26.2 Å². The summed E-state index contributed by atoms with van der Waals surface area (Å²) in [4.78, 5) is 29.3. The molecule has 28 heavy (non-hydrogen) atoms. The van der Waals surface area contributed by atoms with Gasteiger partial charge in [0, 0.05) is 11.8 Å². The van der Waals surface area contributed by atoms with E-state index in [-0.39, 0.29) is 17.2 Å². The summed E-state index contributed by atoms with van der Waals surface area (Å²) in [5.41, 5.74) is 2.52. The molecule has 0 unspecified atom stereocenters. The van der Waals surface area contributed by atoms with Gasteiger partial charge in [0.25, 0.3) is 11.8 Å². The molecule has 5 heteroatoms. The van der Waals surface area contributed by atoms with Crippen molar-refractivity contribution in [1.82, 2.24) is 4.98 Å². The van der Waals surface area contributed by atoms with Crippen molar-refractivity contribution in [2.75, 3.05) is 10.6 Å². The summed E-state index contributed by atoms with van der Waals surface area (Å²) in [6, 6.07) is 19.7. The highest BCUT2D eigenvalue weighted by atomic mass is 16.2. The smallest absolute Gasteiger partial charge is 0.258 e. The number of hydrogen-bond acceptors (Lipinski definition) is 3. The van der Waals surface area contributed by atoms with E-state index in [4.69, 9.17) is 0 Å². The minimum atomic E-state index is -0.335. The number of para-hydroxylation sites is 1. The fourth-order valence-corrected chi connectivity index (χ4v) is 2.73. The molecule has 142 valence electrons. The van der Waals surface area contributed by atoms with Gasteiger partial charge in [-0.1, -0.05) is 51.1 Å². The topological polar surface area (TPSA) is 71.1 Å². The van der Waals surface area contributed by atoms with Crippen LogP contribution < -0.4 is 10.6 Å². The zero-order valence-electron chi connectivity index (χ0n) is 16.2. The Bertz CT molecular complexity index is 975. The van der Waals surface area contributed by atoms with E-state index in [2.05, 4.69) is 36.4 Å². The van der Waals surface area contributed by atoms with Crippen molar-refractivity contribution >= 4 is 23.3 Å². The van der Waals surface area contributed by atoms with Crippen molar-refractivity contribution < 1.29 is 9.59 Å². The lowest BCUT2D eigenvalue weighted by Gasteiger charge is -2.19. The Morgan fingerprint density at radius 1 is 0.786 bits per heavy atom. The molecule has 3 aromatic rings. The second kappa shape index (κ2) is 8.05. The van der Waals surface area contributed by atoms with Crippen LogP contribution in [-0.4, -0.2) is 16.8 Å². The van der Waals surface area contributed by atoms with Gasteiger partial charge in [-0.25, -0.2) is 4.98 Å². The highest BCUT2D eigenvalue weighted by Crippen LogP contribution is 2.23. The van der Waals surface area contributed by atoms with Crippen molar-refractivity contribution in [3.63, 3.8) is 0 Å². The van der Waals surface area contributed by atoms with Crippen LogP contribution >= 0.6 is 0 Å². The molecule has 3 rings (SSSR count). The quantitative estimate of drug-likeness (QED) is 0.684. The van der Waals surface area contributed by atoms with E-state index in [1.807, 2.05) is 12.1 Å². The number of pyridine rings is 1. The molecule has 0 saturated carbocycles. The van der Waals surface area contributed by atoms with Crippen LogP contribution in [0.4, 0.5) is 11.5 Å². The predicted octanol–water partition coefficient (Wildman–Crippen LogP) is 4.88. The Labute approximate surface area is 164 Å². The molecule has 1 aromatic heterocycles. The number of amides is 2. The van der Waals surface area contributed by atoms with Gasteiger partial charge in [0.05, 0.1) is 11.3 Å². The number of anilines is 2. The maximum Gasteiger partial charge on any atom is 0.258 e. The van der Waals surface area contributed by atoms with Crippen molar-refractivity contribution in [1.29, 1.82) is 0 Å². The largest absolute Gasteiger partial charge is 0.321 e. The summed E-state index contributed by atoms with van der Waals surface area (Å²) in [7, 11) is 0. The molecule has 0 atom stereocenters.